The van der Waals surface area contributed by atoms with Crippen molar-refractivity contribution in [3.8, 4) is 0 Å². The molecular formula is C10H19N3O. The van der Waals surface area contributed by atoms with Crippen molar-refractivity contribution in [3.63, 3.8) is 0 Å². The summed E-state index contributed by atoms with van der Waals surface area (Å²) in [5.74, 6) is 1.07. The Hall–Kier alpha value is -0.870. The minimum Gasteiger partial charge on any atom is -0.395 e. The van der Waals surface area contributed by atoms with Gasteiger partial charge < -0.3 is 9.67 Å². The normalized spacial score (nSPS) is 11.1. The smallest absolute Gasteiger partial charge is 0.122 e. The van der Waals surface area contributed by atoms with E-state index >= 15 is 0 Å². The van der Waals surface area contributed by atoms with Crippen LogP contribution in [0, 0.1) is 0 Å². The van der Waals surface area contributed by atoms with E-state index in [2.05, 4.69) is 28.3 Å². The summed E-state index contributed by atoms with van der Waals surface area (Å²) in [7, 11) is 0. The molecule has 0 aliphatic rings. The SMILES string of the molecule is CCN(CCO)Cc1nccn1CC. The van der Waals surface area contributed by atoms with Gasteiger partial charge in [0.15, 0.2) is 0 Å². The van der Waals surface area contributed by atoms with Crippen molar-refractivity contribution < 1.29 is 5.11 Å². The molecule has 1 N–H and O–H groups in total. The Bertz CT molecular complexity index is 260. The zero-order valence-electron chi connectivity index (χ0n) is 8.98. The van der Waals surface area contributed by atoms with Crippen molar-refractivity contribution in [2.24, 2.45) is 0 Å². The van der Waals surface area contributed by atoms with Crippen molar-refractivity contribution in [2.45, 2.75) is 26.9 Å². The highest BCUT2D eigenvalue weighted by molar-refractivity contribution is 4.91. The summed E-state index contributed by atoms with van der Waals surface area (Å²) in [4.78, 5) is 6.47. The fourth-order valence-electron chi connectivity index (χ4n) is 1.47. The number of nitrogens with zero attached hydrogens (tertiary/aromatic N) is 3. The van der Waals surface area contributed by atoms with Gasteiger partial charge in [-0.2, -0.15) is 0 Å². The summed E-state index contributed by atoms with van der Waals surface area (Å²) in [6, 6.07) is 0. The molecule has 4 nitrogen and oxygen atoms in total. The van der Waals surface area contributed by atoms with Crippen LogP contribution in [0.1, 0.15) is 19.7 Å². The molecular weight excluding hydrogens is 178 g/mol. The highest BCUT2D eigenvalue weighted by Gasteiger charge is 2.06. The lowest BCUT2D eigenvalue weighted by atomic mass is 10.4. The molecule has 1 aromatic rings. The Balaban J connectivity index is 2.56. The lowest BCUT2D eigenvalue weighted by Crippen LogP contribution is -2.27. The van der Waals surface area contributed by atoms with Crippen LogP contribution in [0.25, 0.3) is 0 Å². The van der Waals surface area contributed by atoms with Gasteiger partial charge in [-0.1, -0.05) is 6.92 Å². The Labute approximate surface area is 85.2 Å². The van der Waals surface area contributed by atoms with E-state index in [0.29, 0.717) is 6.54 Å². The van der Waals surface area contributed by atoms with Gasteiger partial charge in [0.2, 0.25) is 0 Å². The maximum atomic E-state index is 8.85. The maximum absolute atomic E-state index is 8.85. The Morgan fingerprint density at radius 2 is 2.29 bits per heavy atom. The number of aliphatic hydroxyl groups is 1. The number of hydrogen-bond acceptors (Lipinski definition) is 3. The van der Waals surface area contributed by atoms with Crippen molar-refractivity contribution >= 4 is 0 Å². The molecule has 14 heavy (non-hydrogen) atoms. The van der Waals surface area contributed by atoms with Crippen LogP contribution in [0.5, 0.6) is 0 Å². The number of likely N-dealkylation sites (N-methyl/N-ethyl adjacent to an activating group) is 1. The van der Waals surface area contributed by atoms with E-state index in [1.165, 1.54) is 0 Å². The van der Waals surface area contributed by atoms with Crippen LogP contribution in [-0.2, 0) is 13.1 Å². The first-order valence-corrected chi connectivity index (χ1v) is 5.15. The van der Waals surface area contributed by atoms with Gasteiger partial charge in [-0.25, -0.2) is 4.98 Å². The lowest BCUT2D eigenvalue weighted by molar-refractivity contribution is 0.192. The van der Waals surface area contributed by atoms with Crippen molar-refractivity contribution in [1.29, 1.82) is 0 Å². The number of hydrogen-bond donors (Lipinski definition) is 1. The van der Waals surface area contributed by atoms with Crippen LogP contribution in [-0.4, -0.2) is 39.3 Å². The molecule has 1 heterocycles. The molecule has 0 amide bonds. The molecule has 0 unspecified atom stereocenters. The van der Waals surface area contributed by atoms with E-state index in [4.69, 9.17) is 5.11 Å². The predicted octanol–water partition coefficient (Wildman–Crippen LogP) is 0.717. The fraction of sp³-hybridized carbons (Fsp3) is 0.700. The van der Waals surface area contributed by atoms with Gasteiger partial charge in [0, 0.05) is 25.5 Å². The molecule has 1 rings (SSSR count). The van der Waals surface area contributed by atoms with E-state index in [-0.39, 0.29) is 6.61 Å². The lowest BCUT2D eigenvalue weighted by Gasteiger charge is -2.18. The van der Waals surface area contributed by atoms with Gasteiger partial charge in [0.25, 0.3) is 0 Å². The highest BCUT2D eigenvalue weighted by atomic mass is 16.3. The van der Waals surface area contributed by atoms with Crippen molar-refractivity contribution in [1.82, 2.24) is 14.5 Å². The Kier molecular flexibility index (Phi) is 4.62. The van der Waals surface area contributed by atoms with Crippen LogP contribution in [0.4, 0.5) is 0 Å². The van der Waals surface area contributed by atoms with Gasteiger partial charge in [-0.3, -0.25) is 4.90 Å². The molecule has 0 saturated carbocycles. The van der Waals surface area contributed by atoms with E-state index in [1.807, 2.05) is 12.4 Å². The van der Waals surface area contributed by atoms with E-state index in [1.54, 1.807) is 0 Å². The molecule has 0 fully saturated rings. The van der Waals surface area contributed by atoms with E-state index in [0.717, 1.165) is 25.5 Å². The number of aliphatic hydroxyl groups excluding tert-OH is 1. The average Bonchev–Trinajstić information content (AvgIpc) is 2.64. The number of imidazole rings is 1. The standard InChI is InChI=1S/C10H19N3O/c1-3-12(7-8-14)9-10-11-5-6-13(10)4-2/h5-6,14H,3-4,7-9H2,1-2H3. The second-order valence-corrected chi connectivity index (χ2v) is 3.22. The van der Waals surface area contributed by atoms with E-state index < -0.39 is 0 Å². The minimum atomic E-state index is 0.209. The fourth-order valence-corrected chi connectivity index (χ4v) is 1.47. The second-order valence-electron chi connectivity index (χ2n) is 3.22. The van der Waals surface area contributed by atoms with Gasteiger partial charge in [-0.05, 0) is 13.5 Å². The molecule has 0 radical (unpaired) electrons. The number of aromatic nitrogens is 2. The quantitative estimate of drug-likeness (QED) is 0.730. The van der Waals surface area contributed by atoms with Gasteiger partial charge in [0.1, 0.15) is 5.82 Å². The van der Waals surface area contributed by atoms with E-state index in [9.17, 15) is 0 Å². The van der Waals surface area contributed by atoms with Gasteiger partial charge in [0.05, 0.1) is 13.2 Å². The summed E-state index contributed by atoms with van der Waals surface area (Å²) >= 11 is 0. The first kappa shape index (κ1) is 11.2. The van der Waals surface area contributed by atoms with Crippen LogP contribution in [0.2, 0.25) is 0 Å². The third-order valence-electron chi connectivity index (χ3n) is 2.37. The third-order valence-corrected chi connectivity index (χ3v) is 2.37. The molecule has 1 aromatic heterocycles. The molecule has 0 saturated heterocycles. The first-order chi connectivity index (χ1) is 6.81. The minimum absolute atomic E-state index is 0.209. The summed E-state index contributed by atoms with van der Waals surface area (Å²) < 4.78 is 2.13. The molecule has 0 bridgehead atoms. The number of aryl methyl sites for hydroxylation is 1. The summed E-state index contributed by atoms with van der Waals surface area (Å²) in [5, 5.41) is 8.85. The maximum Gasteiger partial charge on any atom is 0.122 e. The molecule has 0 aromatic carbocycles. The monoisotopic (exact) mass is 197 g/mol. The summed E-state index contributed by atoms with van der Waals surface area (Å²) in [5.41, 5.74) is 0. The van der Waals surface area contributed by atoms with Gasteiger partial charge >= 0.3 is 0 Å². The zero-order valence-corrected chi connectivity index (χ0v) is 8.98. The largest absolute Gasteiger partial charge is 0.395 e. The molecule has 0 aliphatic heterocycles. The van der Waals surface area contributed by atoms with Crippen molar-refractivity contribution in [2.75, 3.05) is 19.7 Å². The predicted molar refractivity (Wildman–Crippen MR) is 55.9 cm³/mol. The summed E-state index contributed by atoms with van der Waals surface area (Å²) in [6.07, 6.45) is 3.81. The van der Waals surface area contributed by atoms with Crippen LogP contribution in [0.15, 0.2) is 12.4 Å². The summed E-state index contributed by atoms with van der Waals surface area (Å²) in [6.45, 7) is 7.83. The second kappa shape index (κ2) is 5.78. The molecule has 0 atom stereocenters. The molecule has 0 spiro atoms. The number of rotatable bonds is 6. The molecule has 4 heteroatoms. The van der Waals surface area contributed by atoms with Gasteiger partial charge in [-0.15, -0.1) is 0 Å². The third kappa shape index (κ3) is 2.82. The first-order valence-electron chi connectivity index (χ1n) is 5.15. The molecule has 80 valence electrons. The Morgan fingerprint density at radius 3 is 2.86 bits per heavy atom. The zero-order chi connectivity index (χ0) is 10.4. The van der Waals surface area contributed by atoms with Crippen LogP contribution >= 0.6 is 0 Å². The van der Waals surface area contributed by atoms with Crippen LogP contribution < -0.4 is 0 Å². The Morgan fingerprint density at radius 1 is 1.50 bits per heavy atom. The van der Waals surface area contributed by atoms with Crippen LogP contribution in [0.3, 0.4) is 0 Å². The average molecular weight is 197 g/mol. The topological polar surface area (TPSA) is 41.3 Å². The highest BCUT2D eigenvalue weighted by Crippen LogP contribution is 2.02. The van der Waals surface area contributed by atoms with Crippen molar-refractivity contribution in [3.05, 3.63) is 18.2 Å². The molecule has 0 aliphatic carbocycles.